The molecule has 0 amide bonds. The van der Waals surface area contributed by atoms with E-state index in [9.17, 15) is 4.39 Å². The van der Waals surface area contributed by atoms with Crippen molar-refractivity contribution >= 4 is 15.9 Å². The van der Waals surface area contributed by atoms with E-state index in [0.717, 1.165) is 6.20 Å². The number of aromatic nitrogens is 1. The highest BCUT2D eigenvalue weighted by atomic mass is 79.9. The Bertz CT molecular complexity index is 315. The van der Waals surface area contributed by atoms with Gasteiger partial charge in [0.25, 0.3) is 0 Å². The summed E-state index contributed by atoms with van der Waals surface area (Å²) in [7, 11) is 0. The van der Waals surface area contributed by atoms with E-state index in [1.54, 1.807) is 6.07 Å². The van der Waals surface area contributed by atoms with Crippen LogP contribution in [0.4, 0.5) is 4.39 Å². The Morgan fingerprint density at radius 3 is 2.85 bits per heavy atom. The van der Waals surface area contributed by atoms with Gasteiger partial charge in [0.05, 0.1) is 19.4 Å². The third kappa shape index (κ3) is 1.87. The molecule has 3 nitrogen and oxygen atoms in total. The highest BCUT2D eigenvalue weighted by Gasteiger charge is 2.22. The maximum Gasteiger partial charge on any atom is 0.186 e. The lowest BCUT2D eigenvalue weighted by Crippen LogP contribution is -2.02. The molecule has 1 aromatic heterocycles. The summed E-state index contributed by atoms with van der Waals surface area (Å²) >= 11 is 3.15. The van der Waals surface area contributed by atoms with Crippen molar-refractivity contribution in [2.75, 3.05) is 13.2 Å². The molecule has 0 bridgehead atoms. The van der Waals surface area contributed by atoms with Crippen molar-refractivity contribution in [3.63, 3.8) is 0 Å². The Kier molecular flexibility index (Phi) is 2.57. The summed E-state index contributed by atoms with van der Waals surface area (Å²) in [5.41, 5.74) is 0.388. The highest BCUT2D eigenvalue weighted by Crippen LogP contribution is 2.26. The third-order valence-electron chi connectivity index (χ3n) is 1.73. The lowest BCUT2D eigenvalue weighted by molar-refractivity contribution is -0.0466. The fraction of sp³-hybridized carbons (Fsp3) is 0.375. The van der Waals surface area contributed by atoms with Crippen LogP contribution in [0.15, 0.2) is 16.9 Å². The topological polar surface area (TPSA) is 31.4 Å². The maximum absolute atomic E-state index is 13.2. The van der Waals surface area contributed by atoms with Crippen LogP contribution in [0.25, 0.3) is 0 Å². The van der Waals surface area contributed by atoms with Gasteiger partial charge in [-0.2, -0.15) is 0 Å². The smallest absolute Gasteiger partial charge is 0.186 e. The Morgan fingerprint density at radius 1 is 1.46 bits per heavy atom. The minimum Gasteiger partial charge on any atom is -0.346 e. The van der Waals surface area contributed by atoms with Crippen LogP contribution in [0.1, 0.15) is 11.9 Å². The van der Waals surface area contributed by atoms with Crippen LogP contribution in [-0.2, 0) is 9.47 Å². The van der Waals surface area contributed by atoms with E-state index in [-0.39, 0.29) is 0 Å². The monoisotopic (exact) mass is 247 g/mol. The quantitative estimate of drug-likeness (QED) is 0.712. The van der Waals surface area contributed by atoms with E-state index in [4.69, 9.17) is 9.47 Å². The molecule has 13 heavy (non-hydrogen) atoms. The van der Waals surface area contributed by atoms with Gasteiger partial charge in [0.15, 0.2) is 6.29 Å². The summed E-state index contributed by atoms with van der Waals surface area (Å²) in [5, 5.41) is 0. The van der Waals surface area contributed by atoms with Gasteiger partial charge in [0, 0.05) is 5.56 Å². The zero-order valence-corrected chi connectivity index (χ0v) is 8.25. The fourth-order valence-electron chi connectivity index (χ4n) is 1.15. The summed E-state index contributed by atoms with van der Waals surface area (Å²) in [6.45, 7) is 1.01. The van der Waals surface area contributed by atoms with Gasteiger partial charge in [-0.05, 0) is 22.0 Å². The maximum atomic E-state index is 13.2. The standard InChI is InChI=1S/C8H7BrFNO2/c9-7-3-5(6(10)4-11-7)8-12-1-2-13-8/h3-4,8H,1-2H2. The molecule has 2 heterocycles. The number of hydrogen-bond acceptors (Lipinski definition) is 3. The third-order valence-corrected chi connectivity index (χ3v) is 2.16. The largest absolute Gasteiger partial charge is 0.346 e. The van der Waals surface area contributed by atoms with Crippen molar-refractivity contribution in [1.82, 2.24) is 4.98 Å². The molecular weight excluding hydrogens is 241 g/mol. The summed E-state index contributed by atoms with van der Waals surface area (Å²) in [4.78, 5) is 3.74. The number of hydrogen-bond donors (Lipinski definition) is 0. The van der Waals surface area contributed by atoms with Crippen molar-refractivity contribution < 1.29 is 13.9 Å². The Morgan fingerprint density at radius 2 is 2.15 bits per heavy atom. The van der Waals surface area contributed by atoms with Crippen molar-refractivity contribution in [1.29, 1.82) is 0 Å². The zero-order chi connectivity index (χ0) is 9.26. The second-order valence-corrected chi connectivity index (χ2v) is 3.41. The van der Waals surface area contributed by atoms with E-state index >= 15 is 0 Å². The molecule has 0 saturated carbocycles. The van der Waals surface area contributed by atoms with Crippen LogP contribution in [0.3, 0.4) is 0 Å². The first-order valence-electron chi connectivity index (χ1n) is 3.81. The van der Waals surface area contributed by atoms with Gasteiger partial charge in [-0.3, -0.25) is 0 Å². The Balaban J connectivity index is 2.32. The second-order valence-electron chi connectivity index (χ2n) is 2.60. The van der Waals surface area contributed by atoms with E-state index in [0.29, 0.717) is 23.4 Å². The van der Waals surface area contributed by atoms with Crippen LogP contribution in [0, 0.1) is 5.82 Å². The SMILES string of the molecule is Fc1cnc(Br)cc1C1OCCO1. The lowest BCUT2D eigenvalue weighted by Gasteiger charge is -2.09. The predicted octanol–water partition coefficient (Wildman–Crippen LogP) is 2.03. The predicted molar refractivity (Wildman–Crippen MR) is 46.5 cm³/mol. The molecule has 5 heteroatoms. The molecule has 1 fully saturated rings. The van der Waals surface area contributed by atoms with Crippen molar-refractivity contribution in [3.05, 3.63) is 28.2 Å². The molecule has 1 aromatic rings. The molecule has 70 valence electrons. The van der Waals surface area contributed by atoms with E-state index in [1.807, 2.05) is 0 Å². The second kappa shape index (κ2) is 3.69. The fourth-order valence-corrected chi connectivity index (χ4v) is 1.50. The minimum absolute atomic E-state index is 0.388. The zero-order valence-electron chi connectivity index (χ0n) is 6.67. The molecule has 1 aliphatic heterocycles. The van der Waals surface area contributed by atoms with Crippen LogP contribution in [0.2, 0.25) is 0 Å². The van der Waals surface area contributed by atoms with Crippen LogP contribution < -0.4 is 0 Å². The van der Waals surface area contributed by atoms with Crippen molar-refractivity contribution in [2.45, 2.75) is 6.29 Å². The van der Waals surface area contributed by atoms with Gasteiger partial charge >= 0.3 is 0 Å². The van der Waals surface area contributed by atoms with Gasteiger partial charge in [0.1, 0.15) is 10.4 Å². The molecule has 0 N–H and O–H groups in total. The Hall–Kier alpha value is -0.520. The molecule has 1 aliphatic rings. The van der Waals surface area contributed by atoms with Gasteiger partial charge in [-0.15, -0.1) is 0 Å². The first-order valence-corrected chi connectivity index (χ1v) is 4.61. The van der Waals surface area contributed by atoms with Crippen LogP contribution in [-0.4, -0.2) is 18.2 Å². The van der Waals surface area contributed by atoms with E-state index in [2.05, 4.69) is 20.9 Å². The number of halogens is 2. The van der Waals surface area contributed by atoms with Crippen molar-refractivity contribution in [3.8, 4) is 0 Å². The first kappa shape index (κ1) is 9.05. The number of pyridine rings is 1. The van der Waals surface area contributed by atoms with Gasteiger partial charge in [0.2, 0.25) is 0 Å². The van der Waals surface area contributed by atoms with E-state index in [1.165, 1.54) is 0 Å². The van der Waals surface area contributed by atoms with E-state index < -0.39 is 12.1 Å². The normalized spacial score (nSPS) is 18.0. The average molecular weight is 248 g/mol. The molecule has 0 aromatic carbocycles. The average Bonchev–Trinajstić information content (AvgIpc) is 2.61. The molecule has 0 atom stereocenters. The molecule has 1 saturated heterocycles. The molecule has 0 spiro atoms. The minimum atomic E-state index is -0.584. The van der Waals surface area contributed by atoms with Crippen LogP contribution in [0.5, 0.6) is 0 Å². The Labute approximate surface area is 83.0 Å². The number of ether oxygens (including phenoxy) is 2. The van der Waals surface area contributed by atoms with Gasteiger partial charge < -0.3 is 9.47 Å². The number of nitrogens with zero attached hydrogens (tertiary/aromatic N) is 1. The highest BCUT2D eigenvalue weighted by molar-refractivity contribution is 9.10. The lowest BCUT2D eigenvalue weighted by atomic mass is 10.2. The summed E-state index contributed by atoms with van der Waals surface area (Å²) in [6, 6.07) is 1.56. The van der Waals surface area contributed by atoms with Gasteiger partial charge in [-0.1, -0.05) is 0 Å². The molecule has 0 radical (unpaired) electrons. The molecular formula is C8H7BrFNO2. The molecule has 0 aliphatic carbocycles. The first-order chi connectivity index (χ1) is 6.27. The van der Waals surface area contributed by atoms with Gasteiger partial charge in [-0.25, -0.2) is 9.37 Å². The molecule has 2 rings (SSSR count). The summed E-state index contributed by atoms with van der Waals surface area (Å²) in [5.74, 6) is -0.407. The summed E-state index contributed by atoms with van der Waals surface area (Å²) in [6.07, 6.45) is 0.559. The summed E-state index contributed by atoms with van der Waals surface area (Å²) < 4.78 is 24.1. The number of rotatable bonds is 1. The van der Waals surface area contributed by atoms with Crippen LogP contribution >= 0.6 is 15.9 Å². The molecule has 0 unspecified atom stereocenters. The van der Waals surface area contributed by atoms with Crippen molar-refractivity contribution in [2.24, 2.45) is 0 Å².